The zero-order chi connectivity index (χ0) is 28.3. The second-order valence-corrected chi connectivity index (χ2v) is 11.8. The number of allylic oxidation sites excluding steroid dienone is 1. The van der Waals surface area contributed by atoms with Gasteiger partial charge < -0.3 is 18.4 Å². The van der Waals surface area contributed by atoms with E-state index < -0.39 is 7.60 Å². The Hall–Kier alpha value is -3.55. The van der Waals surface area contributed by atoms with Gasteiger partial charge in [0.05, 0.1) is 30.4 Å². The number of fused-ring (bicyclic) bond motifs is 1. The molecule has 3 aromatic carbocycles. The molecule has 10 heteroatoms. The van der Waals surface area contributed by atoms with E-state index in [1.807, 2.05) is 56.3 Å². The monoisotopic (exact) mass is 576 g/mol. The number of hydrogen-bond acceptors (Lipinski definition) is 7. The van der Waals surface area contributed by atoms with Crippen LogP contribution in [0.5, 0.6) is 0 Å². The number of H-pyrrole nitrogens is 1. The number of hydrogen-bond donors (Lipinski definition) is 1. The van der Waals surface area contributed by atoms with Crippen LogP contribution in [0.4, 0.5) is 0 Å². The van der Waals surface area contributed by atoms with Crippen molar-refractivity contribution in [1.29, 1.82) is 0 Å². The van der Waals surface area contributed by atoms with Gasteiger partial charge in [-0.1, -0.05) is 35.9 Å². The van der Waals surface area contributed by atoms with E-state index in [0.29, 0.717) is 30.0 Å². The third-order valence-corrected chi connectivity index (χ3v) is 8.54. The second-order valence-electron chi connectivity index (χ2n) is 9.30. The van der Waals surface area contributed by atoms with Gasteiger partial charge in [-0.05, 0) is 86.8 Å². The molecule has 5 rings (SSSR count). The van der Waals surface area contributed by atoms with E-state index in [1.54, 1.807) is 12.1 Å². The molecule has 0 radical (unpaired) electrons. The molecule has 0 bridgehead atoms. The second kappa shape index (κ2) is 11.9. The molecule has 2 aromatic heterocycles. The van der Waals surface area contributed by atoms with Gasteiger partial charge >= 0.3 is 7.60 Å². The van der Waals surface area contributed by atoms with Crippen LogP contribution in [-0.4, -0.2) is 39.5 Å². The maximum atomic E-state index is 12.7. The van der Waals surface area contributed by atoms with Crippen molar-refractivity contribution in [2.24, 2.45) is 0 Å². The van der Waals surface area contributed by atoms with E-state index in [2.05, 4.69) is 41.2 Å². The third-order valence-electron chi connectivity index (χ3n) is 6.33. The van der Waals surface area contributed by atoms with Crippen molar-refractivity contribution in [3.8, 4) is 34.3 Å². The fourth-order valence-electron chi connectivity index (χ4n) is 4.63. The Balaban J connectivity index is 1.38. The standard InChI is InChI=1S/C30H30ClN4O4P/c1-5-37-40(36,38-6-2)15-7-8-21-16-19(3)27(20(4)17-21)28-32-25-14-11-23(18-26(25)33-28)30-35-34-29(39-30)22-9-12-24(31)13-10-22/h7-14,16-18H,5-6,15H2,1-4H3,(H,32,33)/b8-7+. The summed E-state index contributed by atoms with van der Waals surface area (Å²) < 4.78 is 29.4. The first-order chi connectivity index (χ1) is 19.3. The topological polar surface area (TPSA) is 103 Å². The maximum Gasteiger partial charge on any atom is 0.334 e. The van der Waals surface area contributed by atoms with Crippen molar-refractivity contribution in [3.63, 3.8) is 0 Å². The number of aromatic nitrogens is 4. The van der Waals surface area contributed by atoms with Crippen LogP contribution in [-0.2, 0) is 13.6 Å². The normalized spacial score (nSPS) is 12.1. The molecule has 5 aromatic rings. The van der Waals surface area contributed by atoms with Crippen LogP contribution in [0, 0.1) is 13.8 Å². The predicted octanol–water partition coefficient (Wildman–Crippen LogP) is 8.50. The van der Waals surface area contributed by atoms with Crippen LogP contribution in [0.15, 0.2) is 65.1 Å². The number of nitrogens with one attached hydrogen (secondary N) is 1. The molecule has 0 saturated heterocycles. The van der Waals surface area contributed by atoms with Gasteiger partial charge in [0.1, 0.15) is 5.82 Å². The minimum absolute atomic E-state index is 0.224. The number of imidazole rings is 1. The lowest BCUT2D eigenvalue weighted by molar-refractivity contribution is 0.222. The number of nitrogens with zero attached hydrogens (tertiary/aromatic N) is 3. The highest BCUT2D eigenvalue weighted by molar-refractivity contribution is 7.54. The first kappa shape index (κ1) is 28.0. The molecule has 0 atom stereocenters. The summed E-state index contributed by atoms with van der Waals surface area (Å²) in [4.78, 5) is 8.30. The molecule has 206 valence electrons. The fraction of sp³-hybridized carbons (Fsp3) is 0.233. The Morgan fingerprint density at radius 2 is 1.55 bits per heavy atom. The Labute approximate surface area is 238 Å². The van der Waals surface area contributed by atoms with Gasteiger partial charge in [-0.2, -0.15) is 0 Å². The number of rotatable bonds is 10. The summed E-state index contributed by atoms with van der Waals surface area (Å²) in [5, 5.41) is 9.07. The summed E-state index contributed by atoms with van der Waals surface area (Å²) in [6, 6.07) is 17.2. The molecule has 2 heterocycles. The van der Waals surface area contributed by atoms with E-state index in [1.165, 1.54) is 0 Å². The van der Waals surface area contributed by atoms with Crippen LogP contribution in [0.3, 0.4) is 0 Å². The van der Waals surface area contributed by atoms with Crippen molar-refractivity contribution in [1.82, 2.24) is 20.2 Å². The Kier molecular flexibility index (Phi) is 8.33. The average molecular weight is 577 g/mol. The van der Waals surface area contributed by atoms with Gasteiger partial charge in [-0.3, -0.25) is 4.57 Å². The van der Waals surface area contributed by atoms with Gasteiger partial charge in [-0.25, -0.2) is 4.98 Å². The van der Waals surface area contributed by atoms with E-state index in [0.717, 1.165) is 50.2 Å². The van der Waals surface area contributed by atoms with E-state index >= 15 is 0 Å². The number of aromatic amines is 1. The predicted molar refractivity (Wildman–Crippen MR) is 160 cm³/mol. The molecular weight excluding hydrogens is 547 g/mol. The number of halogens is 1. The molecule has 0 saturated carbocycles. The smallest absolute Gasteiger partial charge is 0.334 e. The molecular formula is C30H30ClN4O4P. The van der Waals surface area contributed by atoms with Gasteiger partial charge in [0.25, 0.3) is 0 Å². The molecule has 8 nitrogen and oxygen atoms in total. The zero-order valence-electron chi connectivity index (χ0n) is 22.8. The van der Waals surface area contributed by atoms with E-state index in [-0.39, 0.29) is 6.16 Å². The zero-order valence-corrected chi connectivity index (χ0v) is 24.4. The molecule has 1 N–H and O–H groups in total. The van der Waals surface area contributed by atoms with Gasteiger partial charge in [0, 0.05) is 21.7 Å². The molecule has 40 heavy (non-hydrogen) atoms. The van der Waals surface area contributed by atoms with Gasteiger partial charge in [-0.15, -0.1) is 10.2 Å². The van der Waals surface area contributed by atoms with Crippen LogP contribution in [0.1, 0.15) is 30.5 Å². The molecule has 0 unspecified atom stereocenters. The molecule has 0 fully saturated rings. The molecule has 0 aliphatic heterocycles. The van der Waals surface area contributed by atoms with E-state index in [4.69, 9.17) is 30.0 Å². The minimum Gasteiger partial charge on any atom is -0.416 e. The summed E-state index contributed by atoms with van der Waals surface area (Å²) >= 11 is 5.99. The quantitative estimate of drug-likeness (QED) is 0.166. The first-order valence-electron chi connectivity index (χ1n) is 13.0. The van der Waals surface area contributed by atoms with Crippen molar-refractivity contribution in [3.05, 3.63) is 82.4 Å². The molecule has 0 amide bonds. The van der Waals surface area contributed by atoms with Gasteiger partial charge in [0.15, 0.2) is 0 Å². The Bertz CT molecular complexity index is 1690. The fourth-order valence-corrected chi connectivity index (χ4v) is 6.19. The molecule has 0 spiro atoms. The van der Waals surface area contributed by atoms with Crippen LogP contribution < -0.4 is 0 Å². The largest absolute Gasteiger partial charge is 0.416 e. The maximum absolute atomic E-state index is 12.7. The van der Waals surface area contributed by atoms with Crippen molar-refractivity contribution in [2.45, 2.75) is 27.7 Å². The highest BCUT2D eigenvalue weighted by atomic mass is 35.5. The minimum atomic E-state index is -3.12. The molecule has 0 aliphatic carbocycles. The lowest BCUT2D eigenvalue weighted by Gasteiger charge is -2.15. The van der Waals surface area contributed by atoms with Crippen molar-refractivity contribution < 1.29 is 18.0 Å². The van der Waals surface area contributed by atoms with E-state index in [9.17, 15) is 4.57 Å². The highest BCUT2D eigenvalue weighted by Crippen LogP contribution is 2.48. The first-order valence-corrected chi connectivity index (χ1v) is 15.1. The average Bonchev–Trinajstić information content (AvgIpc) is 3.56. The number of benzene rings is 3. The lowest BCUT2D eigenvalue weighted by Crippen LogP contribution is -1.98. The summed E-state index contributed by atoms with van der Waals surface area (Å²) in [7, 11) is -3.12. The Morgan fingerprint density at radius 1 is 0.925 bits per heavy atom. The van der Waals surface area contributed by atoms with Crippen LogP contribution >= 0.6 is 19.2 Å². The molecule has 0 aliphatic rings. The summed E-state index contributed by atoms with van der Waals surface area (Å²) in [6.07, 6.45) is 4.02. The lowest BCUT2D eigenvalue weighted by atomic mass is 9.98. The van der Waals surface area contributed by atoms with Crippen LogP contribution in [0.2, 0.25) is 5.02 Å². The van der Waals surface area contributed by atoms with Crippen molar-refractivity contribution >= 4 is 36.3 Å². The summed E-state index contributed by atoms with van der Waals surface area (Å²) in [5.41, 5.74) is 7.47. The Morgan fingerprint density at radius 3 is 2.20 bits per heavy atom. The summed E-state index contributed by atoms with van der Waals surface area (Å²) in [5.74, 6) is 1.63. The summed E-state index contributed by atoms with van der Waals surface area (Å²) in [6.45, 7) is 8.42. The van der Waals surface area contributed by atoms with Crippen molar-refractivity contribution in [2.75, 3.05) is 19.4 Å². The van der Waals surface area contributed by atoms with Crippen LogP contribution in [0.25, 0.3) is 51.4 Å². The SMILES string of the molecule is CCOP(=O)(C/C=C/c1cc(C)c(-c2nc3ccc(-c4nnc(-c5ccc(Cl)cc5)o4)cc3[nH]2)c(C)c1)OCC. The number of aryl methyl sites for hydroxylation is 2. The van der Waals surface area contributed by atoms with Gasteiger partial charge in [0.2, 0.25) is 11.8 Å². The highest BCUT2D eigenvalue weighted by Gasteiger charge is 2.21. The third kappa shape index (κ3) is 6.11.